The van der Waals surface area contributed by atoms with Crippen LogP contribution in [0.15, 0.2) is 108 Å². The van der Waals surface area contributed by atoms with Gasteiger partial charge in [-0.25, -0.2) is 17.9 Å². The zero-order valence-corrected chi connectivity index (χ0v) is 26.6. The summed E-state index contributed by atoms with van der Waals surface area (Å²) in [4.78, 5) is 15.0. The first kappa shape index (κ1) is 35.7. The van der Waals surface area contributed by atoms with Gasteiger partial charge in [0.15, 0.2) is 0 Å². The normalized spacial score (nSPS) is 15.3. The molecule has 1 aliphatic heterocycles. The van der Waals surface area contributed by atoms with Gasteiger partial charge in [-0.3, -0.25) is 0 Å². The Labute approximate surface area is 278 Å². The van der Waals surface area contributed by atoms with Crippen LogP contribution in [0.5, 0.6) is 5.75 Å². The minimum Gasteiger partial charge on any atom is -0.456 e. The summed E-state index contributed by atoms with van der Waals surface area (Å²) >= 11 is 0. The van der Waals surface area contributed by atoms with E-state index in [9.17, 15) is 39.6 Å². The van der Waals surface area contributed by atoms with Gasteiger partial charge in [0.2, 0.25) is 10.0 Å². The average Bonchev–Trinajstić information content (AvgIpc) is 3.20. The lowest BCUT2D eigenvalue weighted by molar-refractivity contribution is -0.278. The molecular weight excluding hydrogens is 678 g/mol. The minimum absolute atomic E-state index is 0.299. The number of methoxy groups -OCH3 is 1. The number of para-hydroxylation sites is 2. The number of anilines is 2. The van der Waals surface area contributed by atoms with Crippen LogP contribution in [0.4, 0.5) is 37.7 Å². The Kier molecular flexibility index (Phi) is 10.3. The van der Waals surface area contributed by atoms with E-state index in [1.165, 1.54) is 18.2 Å². The third kappa shape index (κ3) is 7.84. The highest BCUT2D eigenvalue weighted by Crippen LogP contribution is 2.43. The van der Waals surface area contributed by atoms with E-state index in [0.29, 0.717) is 31.3 Å². The van der Waals surface area contributed by atoms with Gasteiger partial charge in [0.05, 0.1) is 11.4 Å². The van der Waals surface area contributed by atoms with Gasteiger partial charge < -0.3 is 19.1 Å². The lowest BCUT2D eigenvalue weighted by atomic mass is 9.92. The molecule has 1 N–H and O–H groups in total. The molecule has 0 unspecified atom stereocenters. The van der Waals surface area contributed by atoms with E-state index in [1.807, 2.05) is 24.3 Å². The summed E-state index contributed by atoms with van der Waals surface area (Å²) in [6.45, 7) is -1.02. The molecule has 5 rings (SSSR count). The Morgan fingerprint density at radius 3 is 1.84 bits per heavy atom. The maximum atomic E-state index is 14.8. The second-order valence-electron chi connectivity index (χ2n) is 11.0. The molecule has 260 valence electrons. The number of nitrogens with one attached hydrogen (secondary N) is 1. The van der Waals surface area contributed by atoms with E-state index in [-0.39, 0.29) is 6.54 Å². The van der Waals surface area contributed by atoms with Crippen molar-refractivity contribution >= 4 is 27.4 Å². The van der Waals surface area contributed by atoms with Gasteiger partial charge >= 0.3 is 18.5 Å². The van der Waals surface area contributed by atoms with Gasteiger partial charge in [-0.15, -0.1) is 13.2 Å². The summed E-state index contributed by atoms with van der Waals surface area (Å²) in [5.74, 6) is -2.50. The van der Waals surface area contributed by atoms with Gasteiger partial charge in [-0.1, -0.05) is 66.7 Å². The predicted molar refractivity (Wildman–Crippen MR) is 167 cm³/mol. The van der Waals surface area contributed by atoms with E-state index in [4.69, 9.17) is 9.47 Å². The van der Waals surface area contributed by atoms with Gasteiger partial charge in [0.1, 0.15) is 11.9 Å². The predicted octanol–water partition coefficient (Wildman–Crippen LogP) is 6.82. The van der Waals surface area contributed by atoms with Gasteiger partial charge in [0.25, 0.3) is 5.60 Å². The fraction of sp³-hybridized carbons (Fsp3) is 0.265. The van der Waals surface area contributed by atoms with Crippen LogP contribution >= 0.6 is 0 Å². The quantitative estimate of drug-likeness (QED) is 0.135. The molecule has 0 amide bonds. The topological polar surface area (TPSA) is 94.2 Å². The zero-order valence-electron chi connectivity index (χ0n) is 25.8. The highest BCUT2D eigenvalue weighted by Gasteiger charge is 2.64. The summed E-state index contributed by atoms with van der Waals surface area (Å²) in [7, 11) is -3.78. The molecule has 4 aromatic carbocycles. The molecule has 0 saturated carbocycles. The second-order valence-corrected chi connectivity index (χ2v) is 12.8. The molecule has 15 heteroatoms. The van der Waals surface area contributed by atoms with E-state index in [0.717, 1.165) is 47.5 Å². The first-order valence-electron chi connectivity index (χ1n) is 14.8. The number of nitrogens with zero attached hydrogens (tertiary/aromatic N) is 1. The van der Waals surface area contributed by atoms with Crippen LogP contribution in [0.25, 0.3) is 0 Å². The number of aryl methyl sites for hydroxylation is 2. The van der Waals surface area contributed by atoms with Crippen molar-refractivity contribution in [3.05, 3.63) is 120 Å². The number of alkyl halides is 6. The van der Waals surface area contributed by atoms with Gasteiger partial charge in [0, 0.05) is 30.6 Å². The number of fused-ring (bicyclic) bond motifs is 2. The number of ether oxygens (including phenoxy) is 3. The Hall–Kier alpha value is -4.60. The summed E-state index contributed by atoms with van der Waals surface area (Å²) in [6, 6.07) is 24.0. The van der Waals surface area contributed by atoms with Crippen molar-refractivity contribution in [2.24, 2.45) is 0 Å². The molecule has 4 aromatic rings. The molecule has 0 radical (unpaired) electrons. The highest BCUT2D eigenvalue weighted by atomic mass is 32.2. The standard InChI is InChI=1S/C34H30F6N2O6S/c1-46-32(33(35,36)37,25-11-3-2-4-12-25)31(43)47-27(21-41-49(44,45)28-19-17-26(18-20-28)48-34(38,39)40)22-42-29-13-7-5-9-23(29)15-16-24-10-6-8-14-30(24)42/h2-14,17-20,27,41H,15-16,21-22H2,1H3/t27-,32+/m0/s1. The lowest BCUT2D eigenvalue weighted by Crippen LogP contribution is -2.54. The van der Waals surface area contributed by atoms with E-state index in [1.54, 1.807) is 29.2 Å². The molecule has 0 aliphatic carbocycles. The largest absolute Gasteiger partial charge is 0.573 e. The van der Waals surface area contributed by atoms with Crippen molar-refractivity contribution in [1.82, 2.24) is 4.72 Å². The van der Waals surface area contributed by atoms with Crippen molar-refractivity contribution in [3.63, 3.8) is 0 Å². The molecule has 2 atom stereocenters. The monoisotopic (exact) mass is 708 g/mol. The van der Waals surface area contributed by atoms with Crippen LogP contribution < -0.4 is 14.4 Å². The van der Waals surface area contributed by atoms with Crippen molar-refractivity contribution in [2.75, 3.05) is 25.1 Å². The Morgan fingerprint density at radius 1 is 0.796 bits per heavy atom. The maximum absolute atomic E-state index is 14.8. The Morgan fingerprint density at radius 2 is 1.33 bits per heavy atom. The van der Waals surface area contributed by atoms with Crippen LogP contribution in [0.2, 0.25) is 0 Å². The van der Waals surface area contributed by atoms with E-state index >= 15 is 0 Å². The van der Waals surface area contributed by atoms with Crippen LogP contribution in [0.3, 0.4) is 0 Å². The molecule has 8 nitrogen and oxygen atoms in total. The number of rotatable bonds is 11. The summed E-state index contributed by atoms with van der Waals surface area (Å²) in [5, 5.41) is 0. The number of hydrogen-bond acceptors (Lipinski definition) is 7. The number of carbonyl (C=O) groups excluding carboxylic acids is 1. The molecule has 0 spiro atoms. The molecular formula is C34H30F6N2O6S. The summed E-state index contributed by atoms with van der Waals surface area (Å²) in [6.07, 6.45) is -10.6. The van der Waals surface area contributed by atoms with Crippen LogP contribution in [0, 0.1) is 0 Å². The number of hydrogen-bond donors (Lipinski definition) is 1. The molecule has 0 fully saturated rings. The minimum atomic E-state index is -5.30. The number of benzene rings is 4. The van der Waals surface area contributed by atoms with Gasteiger partial charge in [-0.05, 0) is 60.4 Å². The summed E-state index contributed by atoms with van der Waals surface area (Å²) in [5.41, 5.74) is -0.968. The maximum Gasteiger partial charge on any atom is 0.573 e. The number of sulfonamides is 1. The van der Waals surface area contributed by atoms with Crippen molar-refractivity contribution in [2.45, 2.75) is 42.0 Å². The molecule has 49 heavy (non-hydrogen) atoms. The van der Waals surface area contributed by atoms with Crippen molar-refractivity contribution < 1.29 is 53.8 Å². The third-order valence-corrected chi connectivity index (χ3v) is 9.37. The summed E-state index contributed by atoms with van der Waals surface area (Å²) < 4.78 is 125. The second kappa shape index (κ2) is 14.1. The highest BCUT2D eigenvalue weighted by molar-refractivity contribution is 7.89. The molecule has 0 aromatic heterocycles. The fourth-order valence-corrected chi connectivity index (χ4v) is 6.71. The lowest BCUT2D eigenvalue weighted by Gasteiger charge is -2.35. The number of halogens is 6. The first-order chi connectivity index (χ1) is 23.1. The smallest absolute Gasteiger partial charge is 0.456 e. The van der Waals surface area contributed by atoms with E-state index < -0.39 is 63.0 Å². The number of esters is 1. The van der Waals surface area contributed by atoms with Gasteiger partial charge in [-0.2, -0.15) is 13.2 Å². The zero-order chi connectivity index (χ0) is 35.5. The molecule has 1 heterocycles. The van der Waals surface area contributed by atoms with Crippen LogP contribution in [-0.4, -0.2) is 53.2 Å². The fourth-order valence-electron chi connectivity index (χ4n) is 5.64. The first-order valence-corrected chi connectivity index (χ1v) is 16.3. The molecule has 0 bridgehead atoms. The van der Waals surface area contributed by atoms with Crippen molar-refractivity contribution in [1.29, 1.82) is 0 Å². The molecule has 0 saturated heterocycles. The average molecular weight is 709 g/mol. The van der Waals surface area contributed by atoms with E-state index in [2.05, 4.69) is 9.46 Å². The SMILES string of the molecule is CO[C@@](C(=O)O[C@@H](CNS(=O)(=O)c1ccc(OC(F)(F)F)cc1)CN1c2ccccc2CCc2ccccc21)(c1ccccc1)C(F)(F)F. The van der Waals surface area contributed by atoms with Crippen LogP contribution in [-0.2, 0) is 42.7 Å². The number of carbonyl (C=O) groups is 1. The molecule has 1 aliphatic rings. The Bertz CT molecular complexity index is 1820. The Balaban J connectivity index is 1.52. The van der Waals surface area contributed by atoms with Crippen molar-refractivity contribution in [3.8, 4) is 5.75 Å². The third-order valence-electron chi connectivity index (χ3n) is 7.93. The van der Waals surface area contributed by atoms with Crippen LogP contribution in [0.1, 0.15) is 16.7 Å².